The SMILES string of the molecule is Cc1noc(NN2C(C)CCCC2C)n1. The average Bonchev–Trinajstić information content (AvgIpc) is 2.58. The van der Waals surface area contributed by atoms with E-state index in [0.717, 1.165) is 0 Å². The van der Waals surface area contributed by atoms with Crippen molar-refractivity contribution in [1.29, 1.82) is 0 Å². The molecule has 84 valence electrons. The van der Waals surface area contributed by atoms with Gasteiger partial charge in [0, 0.05) is 12.1 Å². The molecule has 0 radical (unpaired) electrons. The summed E-state index contributed by atoms with van der Waals surface area (Å²) in [6.45, 7) is 6.25. The number of hydrazine groups is 1. The van der Waals surface area contributed by atoms with Crippen LogP contribution >= 0.6 is 0 Å². The Kier molecular flexibility index (Phi) is 2.90. The number of rotatable bonds is 2. The van der Waals surface area contributed by atoms with Gasteiger partial charge in [0.05, 0.1) is 0 Å². The van der Waals surface area contributed by atoms with E-state index in [9.17, 15) is 0 Å². The summed E-state index contributed by atoms with van der Waals surface area (Å²) in [6, 6.07) is 1.52. The van der Waals surface area contributed by atoms with E-state index in [1.165, 1.54) is 19.3 Å². The molecule has 1 aromatic heterocycles. The van der Waals surface area contributed by atoms with Crippen LogP contribution in [0.4, 0.5) is 6.01 Å². The van der Waals surface area contributed by atoms with Gasteiger partial charge in [-0.15, -0.1) is 0 Å². The van der Waals surface area contributed by atoms with E-state index < -0.39 is 0 Å². The Morgan fingerprint density at radius 2 is 2.00 bits per heavy atom. The zero-order valence-electron chi connectivity index (χ0n) is 9.53. The molecule has 0 amide bonds. The standard InChI is InChI=1S/C10H18N4O/c1-7-5-4-6-8(2)14(7)12-10-11-9(3)13-15-10/h7-8H,4-6H2,1-3H3,(H,11,12,13). The van der Waals surface area contributed by atoms with Crippen LogP contribution in [0, 0.1) is 6.92 Å². The molecule has 1 aliphatic rings. The Bertz CT molecular complexity index is 315. The van der Waals surface area contributed by atoms with Crippen LogP contribution in [0.2, 0.25) is 0 Å². The summed E-state index contributed by atoms with van der Waals surface area (Å²) in [5.74, 6) is 0.662. The molecule has 2 heterocycles. The highest BCUT2D eigenvalue weighted by Crippen LogP contribution is 2.22. The number of anilines is 1. The van der Waals surface area contributed by atoms with Gasteiger partial charge in [-0.3, -0.25) is 5.43 Å². The van der Waals surface area contributed by atoms with Gasteiger partial charge in [-0.2, -0.15) is 4.98 Å². The van der Waals surface area contributed by atoms with Crippen LogP contribution in [0.3, 0.4) is 0 Å². The van der Waals surface area contributed by atoms with Crippen molar-refractivity contribution in [2.24, 2.45) is 0 Å². The normalized spacial score (nSPS) is 27.9. The number of nitrogens with zero attached hydrogens (tertiary/aromatic N) is 3. The van der Waals surface area contributed by atoms with Crippen LogP contribution in [0.25, 0.3) is 0 Å². The molecule has 1 saturated heterocycles. The molecule has 0 aliphatic carbocycles. The summed E-state index contributed by atoms with van der Waals surface area (Å²) >= 11 is 0. The number of hydrogen-bond acceptors (Lipinski definition) is 5. The zero-order chi connectivity index (χ0) is 10.8. The minimum Gasteiger partial charge on any atom is -0.314 e. The second-order valence-electron chi connectivity index (χ2n) is 4.29. The van der Waals surface area contributed by atoms with E-state index >= 15 is 0 Å². The molecule has 2 unspecified atom stereocenters. The smallest absolute Gasteiger partial charge is 0.314 e. The second-order valence-corrected chi connectivity index (χ2v) is 4.29. The van der Waals surface area contributed by atoms with Crippen LogP contribution in [-0.4, -0.2) is 27.2 Å². The minimum atomic E-state index is 0.494. The van der Waals surface area contributed by atoms with Crippen LogP contribution in [0.1, 0.15) is 38.9 Å². The topological polar surface area (TPSA) is 54.2 Å². The molecule has 0 saturated carbocycles. The fourth-order valence-corrected chi connectivity index (χ4v) is 2.09. The molecular weight excluding hydrogens is 192 g/mol. The number of aryl methyl sites for hydroxylation is 1. The van der Waals surface area contributed by atoms with Gasteiger partial charge in [0.1, 0.15) is 0 Å². The van der Waals surface area contributed by atoms with Crippen molar-refractivity contribution < 1.29 is 4.52 Å². The van der Waals surface area contributed by atoms with Gasteiger partial charge in [0.15, 0.2) is 5.82 Å². The lowest BCUT2D eigenvalue weighted by molar-refractivity contribution is 0.129. The fourth-order valence-electron chi connectivity index (χ4n) is 2.09. The molecule has 0 bridgehead atoms. The molecule has 1 fully saturated rings. The van der Waals surface area contributed by atoms with Crippen molar-refractivity contribution in [1.82, 2.24) is 15.1 Å². The van der Waals surface area contributed by atoms with Gasteiger partial charge in [-0.25, -0.2) is 5.01 Å². The van der Waals surface area contributed by atoms with Gasteiger partial charge in [0.25, 0.3) is 0 Å². The molecule has 1 N–H and O–H groups in total. The molecule has 5 nitrogen and oxygen atoms in total. The van der Waals surface area contributed by atoms with Gasteiger partial charge in [-0.05, 0) is 33.6 Å². The lowest BCUT2D eigenvalue weighted by Gasteiger charge is -2.37. The summed E-state index contributed by atoms with van der Waals surface area (Å²) in [6.07, 6.45) is 3.72. The van der Waals surface area contributed by atoms with Crippen molar-refractivity contribution in [2.45, 2.75) is 52.1 Å². The number of hydrogen-bond donors (Lipinski definition) is 1. The fraction of sp³-hybridized carbons (Fsp3) is 0.800. The molecule has 5 heteroatoms. The average molecular weight is 210 g/mol. The molecule has 2 rings (SSSR count). The lowest BCUT2D eigenvalue weighted by Crippen LogP contribution is -2.47. The van der Waals surface area contributed by atoms with Crippen LogP contribution in [0.15, 0.2) is 4.52 Å². The molecule has 0 aromatic carbocycles. The van der Waals surface area contributed by atoms with Gasteiger partial charge >= 0.3 is 6.01 Å². The molecule has 1 aliphatic heterocycles. The summed E-state index contributed by atoms with van der Waals surface area (Å²) < 4.78 is 5.05. The van der Waals surface area contributed by atoms with E-state index in [1.807, 2.05) is 6.92 Å². The first-order valence-electron chi connectivity index (χ1n) is 5.52. The third kappa shape index (κ3) is 2.28. The molecular formula is C10H18N4O. The van der Waals surface area contributed by atoms with Crippen molar-refractivity contribution in [3.8, 4) is 0 Å². The first-order chi connectivity index (χ1) is 7.16. The van der Waals surface area contributed by atoms with E-state index in [2.05, 4.69) is 34.4 Å². The Hall–Kier alpha value is -1.10. The maximum atomic E-state index is 5.05. The summed E-state index contributed by atoms with van der Waals surface area (Å²) in [4.78, 5) is 4.14. The summed E-state index contributed by atoms with van der Waals surface area (Å²) in [5, 5.41) is 5.96. The second kappa shape index (κ2) is 4.18. The van der Waals surface area contributed by atoms with Crippen LogP contribution < -0.4 is 5.43 Å². The molecule has 15 heavy (non-hydrogen) atoms. The summed E-state index contributed by atoms with van der Waals surface area (Å²) in [5.41, 5.74) is 3.19. The van der Waals surface area contributed by atoms with E-state index in [1.54, 1.807) is 0 Å². The highest BCUT2D eigenvalue weighted by Gasteiger charge is 2.25. The molecule has 2 atom stereocenters. The van der Waals surface area contributed by atoms with E-state index in [4.69, 9.17) is 4.52 Å². The number of aromatic nitrogens is 2. The Morgan fingerprint density at radius 1 is 1.33 bits per heavy atom. The highest BCUT2D eigenvalue weighted by molar-refractivity contribution is 5.16. The van der Waals surface area contributed by atoms with Crippen molar-refractivity contribution in [2.75, 3.05) is 5.43 Å². The Balaban J connectivity index is 2.03. The van der Waals surface area contributed by atoms with Crippen LogP contribution in [-0.2, 0) is 0 Å². The molecule has 1 aromatic rings. The van der Waals surface area contributed by atoms with Gasteiger partial charge in [-0.1, -0.05) is 11.6 Å². The van der Waals surface area contributed by atoms with E-state index in [-0.39, 0.29) is 0 Å². The third-order valence-corrected chi connectivity index (χ3v) is 2.95. The maximum absolute atomic E-state index is 5.05. The Labute approximate surface area is 89.8 Å². The number of nitrogens with one attached hydrogen (secondary N) is 1. The first kappa shape index (κ1) is 10.4. The predicted molar refractivity (Wildman–Crippen MR) is 57.3 cm³/mol. The third-order valence-electron chi connectivity index (χ3n) is 2.95. The maximum Gasteiger partial charge on any atom is 0.335 e. The first-order valence-corrected chi connectivity index (χ1v) is 5.52. The van der Waals surface area contributed by atoms with Crippen LogP contribution in [0.5, 0.6) is 0 Å². The van der Waals surface area contributed by atoms with Gasteiger partial charge in [0.2, 0.25) is 0 Å². The number of piperidine rings is 1. The largest absolute Gasteiger partial charge is 0.335 e. The van der Waals surface area contributed by atoms with Gasteiger partial charge < -0.3 is 4.52 Å². The highest BCUT2D eigenvalue weighted by atomic mass is 16.5. The van der Waals surface area contributed by atoms with Crippen molar-refractivity contribution >= 4 is 6.01 Å². The quantitative estimate of drug-likeness (QED) is 0.808. The minimum absolute atomic E-state index is 0.494. The predicted octanol–water partition coefficient (Wildman–Crippen LogP) is 1.97. The summed E-state index contributed by atoms with van der Waals surface area (Å²) in [7, 11) is 0. The Morgan fingerprint density at radius 3 is 2.53 bits per heavy atom. The van der Waals surface area contributed by atoms with Crippen molar-refractivity contribution in [3.63, 3.8) is 0 Å². The van der Waals surface area contributed by atoms with E-state index in [0.29, 0.717) is 23.9 Å². The zero-order valence-corrected chi connectivity index (χ0v) is 9.53. The van der Waals surface area contributed by atoms with Crippen molar-refractivity contribution in [3.05, 3.63) is 5.82 Å². The molecule has 0 spiro atoms. The lowest BCUT2D eigenvalue weighted by atomic mass is 10.00. The monoisotopic (exact) mass is 210 g/mol.